The molecule has 3 saturated heterocycles. The fourth-order valence-corrected chi connectivity index (χ4v) is 9.51. The number of piperidine rings is 2. The maximum absolute atomic E-state index is 13.3. The highest BCUT2D eigenvalue weighted by atomic mass is 35.5. The van der Waals surface area contributed by atoms with E-state index < -0.39 is 5.92 Å². The Bertz CT molecular complexity index is 2600. The molecule has 4 aliphatic rings. The number of anilines is 4. The van der Waals surface area contributed by atoms with Crippen molar-refractivity contribution in [3.05, 3.63) is 63.8 Å². The van der Waals surface area contributed by atoms with E-state index in [1.807, 2.05) is 37.7 Å². The molecular formula is C43H51ClN12O5. The Hall–Kier alpha value is -5.81. The Kier molecular flexibility index (Phi) is 10.8. The third kappa shape index (κ3) is 7.84. The molecule has 1 saturated carbocycles. The van der Waals surface area contributed by atoms with Crippen LogP contribution in [0.1, 0.15) is 70.0 Å². The number of likely N-dealkylation sites (N-methyl/N-ethyl adjacent to an activating group) is 1. The highest BCUT2D eigenvalue weighted by Gasteiger charge is 2.52. The van der Waals surface area contributed by atoms with E-state index in [4.69, 9.17) is 26.4 Å². The monoisotopic (exact) mass is 850 g/mol. The summed E-state index contributed by atoms with van der Waals surface area (Å²) in [5.74, 6) is 0.455. The molecule has 17 nitrogen and oxygen atoms in total. The van der Waals surface area contributed by atoms with Gasteiger partial charge in [-0.2, -0.15) is 10.1 Å². The van der Waals surface area contributed by atoms with Gasteiger partial charge in [0.25, 0.3) is 11.5 Å². The van der Waals surface area contributed by atoms with Gasteiger partial charge in [0.2, 0.25) is 17.8 Å². The molecule has 0 bridgehead atoms. The summed E-state index contributed by atoms with van der Waals surface area (Å²) in [6.07, 6.45) is 8.52. The summed E-state index contributed by atoms with van der Waals surface area (Å²) in [5, 5.41) is 15.1. The van der Waals surface area contributed by atoms with Gasteiger partial charge in [-0.3, -0.25) is 38.6 Å². The van der Waals surface area contributed by atoms with E-state index in [0.29, 0.717) is 52.3 Å². The largest absolute Gasteiger partial charge is 0.478 e. The summed E-state index contributed by atoms with van der Waals surface area (Å²) in [6, 6.07) is 9.51. The predicted molar refractivity (Wildman–Crippen MR) is 233 cm³/mol. The zero-order chi connectivity index (χ0) is 42.6. The summed E-state index contributed by atoms with van der Waals surface area (Å²) in [4.78, 5) is 71.3. The van der Waals surface area contributed by atoms with Crippen molar-refractivity contribution in [2.45, 2.75) is 69.9 Å². The van der Waals surface area contributed by atoms with Gasteiger partial charge in [0.15, 0.2) is 18.2 Å². The number of ether oxygens (including phenoxy) is 1. The molecule has 1 aromatic carbocycles. The molecule has 9 rings (SSSR count). The molecule has 1 aliphatic carbocycles. The van der Waals surface area contributed by atoms with E-state index in [-0.39, 0.29) is 47.2 Å². The first-order chi connectivity index (χ1) is 29.4. The molecule has 5 aromatic rings. The SMILES string of the molecule is CNC(=O)COc1cc2cc(Nc3nc(N4CCN(CC5CCN(c6cccc7c(C8CCC(=O)NC8=O)nn(C)c67)CC5)C5(CC5)C4)ncc3Cl)cnc2n(C(C)C)c1=O. The van der Waals surface area contributed by atoms with Crippen LogP contribution < -0.4 is 36.0 Å². The number of hydrogen-bond donors (Lipinski definition) is 3. The molecule has 61 heavy (non-hydrogen) atoms. The third-order valence-electron chi connectivity index (χ3n) is 12.8. The van der Waals surface area contributed by atoms with Crippen molar-refractivity contribution >= 4 is 74.4 Å². The quantitative estimate of drug-likeness (QED) is 0.160. The average molecular weight is 851 g/mol. The topological polar surface area (TPSA) is 185 Å². The number of benzene rings is 1. The van der Waals surface area contributed by atoms with Gasteiger partial charge in [-0.15, -0.1) is 0 Å². The lowest BCUT2D eigenvalue weighted by Gasteiger charge is -2.45. The van der Waals surface area contributed by atoms with Crippen LogP contribution in [0.15, 0.2) is 47.5 Å². The third-order valence-corrected chi connectivity index (χ3v) is 13.0. The Balaban J connectivity index is 0.847. The van der Waals surface area contributed by atoms with Crippen molar-refractivity contribution in [1.29, 1.82) is 0 Å². The van der Waals surface area contributed by atoms with Crippen molar-refractivity contribution in [1.82, 2.24) is 44.8 Å². The lowest BCUT2D eigenvalue weighted by molar-refractivity contribution is -0.134. The van der Waals surface area contributed by atoms with Gasteiger partial charge in [0, 0.05) is 82.1 Å². The molecular weight excluding hydrogens is 800 g/mol. The molecule has 3 amide bonds. The fourth-order valence-electron chi connectivity index (χ4n) is 9.37. The highest BCUT2D eigenvalue weighted by Crippen LogP contribution is 2.46. The number of nitrogens with zero attached hydrogens (tertiary/aromatic N) is 9. The lowest BCUT2D eigenvalue weighted by atomic mass is 9.92. The van der Waals surface area contributed by atoms with Gasteiger partial charge in [0.1, 0.15) is 10.7 Å². The zero-order valence-electron chi connectivity index (χ0n) is 34.9. The number of aryl methyl sites for hydroxylation is 1. The molecule has 4 fully saturated rings. The molecule has 0 radical (unpaired) electrons. The van der Waals surface area contributed by atoms with E-state index >= 15 is 0 Å². The van der Waals surface area contributed by atoms with E-state index in [1.54, 1.807) is 23.0 Å². The number of rotatable bonds is 11. The molecule has 4 aromatic heterocycles. The number of pyridine rings is 2. The van der Waals surface area contributed by atoms with E-state index in [2.05, 4.69) is 52.8 Å². The Morgan fingerprint density at radius 1 is 1.03 bits per heavy atom. The van der Waals surface area contributed by atoms with Crippen molar-refractivity contribution in [3.8, 4) is 5.75 Å². The van der Waals surface area contributed by atoms with Crippen LogP contribution in [-0.2, 0) is 21.4 Å². The molecule has 3 aliphatic heterocycles. The highest BCUT2D eigenvalue weighted by molar-refractivity contribution is 6.33. The van der Waals surface area contributed by atoms with Crippen molar-refractivity contribution in [3.63, 3.8) is 0 Å². The Morgan fingerprint density at radius 2 is 1.84 bits per heavy atom. The van der Waals surface area contributed by atoms with Gasteiger partial charge in [0.05, 0.1) is 40.9 Å². The number of nitrogens with one attached hydrogen (secondary N) is 3. The maximum atomic E-state index is 13.3. The minimum atomic E-state index is -0.427. The molecule has 1 unspecified atom stereocenters. The molecule has 1 atom stereocenters. The number of fused-ring (bicyclic) bond motifs is 2. The summed E-state index contributed by atoms with van der Waals surface area (Å²) in [7, 11) is 3.45. The van der Waals surface area contributed by atoms with Crippen LogP contribution >= 0.6 is 11.6 Å². The van der Waals surface area contributed by atoms with Crippen molar-refractivity contribution < 1.29 is 19.1 Å². The zero-order valence-corrected chi connectivity index (χ0v) is 35.7. The molecule has 7 heterocycles. The normalized spacial score (nSPS) is 19.5. The van der Waals surface area contributed by atoms with E-state index in [1.165, 1.54) is 7.05 Å². The summed E-state index contributed by atoms with van der Waals surface area (Å²) >= 11 is 6.66. The Morgan fingerprint density at radius 3 is 2.57 bits per heavy atom. The summed E-state index contributed by atoms with van der Waals surface area (Å²) in [5.41, 5.74) is 3.77. The van der Waals surface area contributed by atoms with Gasteiger partial charge in [-0.25, -0.2) is 9.97 Å². The maximum Gasteiger partial charge on any atom is 0.294 e. The van der Waals surface area contributed by atoms with Crippen LogP contribution in [0.4, 0.5) is 23.1 Å². The van der Waals surface area contributed by atoms with E-state index in [9.17, 15) is 19.2 Å². The second-order valence-electron chi connectivity index (χ2n) is 17.1. The number of imide groups is 1. The molecule has 320 valence electrons. The second-order valence-corrected chi connectivity index (χ2v) is 17.5. The number of halogens is 1. The number of carbonyl (C=O) groups excluding carboxylic acids is 3. The first-order valence-electron chi connectivity index (χ1n) is 21.1. The first-order valence-corrected chi connectivity index (χ1v) is 21.5. The van der Waals surface area contributed by atoms with Crippen LogP contribution in [0.2, 0.25) is 5.02 Å². The van der Waals surface area contributed by atoms with Gasteiger partial charge >= 0.3 is 0 Å². The minimum Gasteiger partial charge on any atom is -0.478 e. The fraction of sp³-hybridized carbons (Fsp3) is 0.488. The second kappa shape index (κ2) is 16.2. The molecule has 18 heteroatoms. The van der Waals surface area contributed by atoms with Crippen LogP contribution in [0, 0.1) is 5.92 Å². The first kappa shape index (κ1) is 40.6. The van der Waals surface area contributed by atoms with Crippen LogP contribution in [-0.4, -0.2) is 110 Å². The van der Waals surface area contributed by atoms with Gasteiger partial charge < -0.3 is 25.2 Å². The number of piperazine rings is 1. The number of para-hydroxylation sites is 1. The summed E-state index contributed by atoms with van der Waals surface area (Å²) in [6.45, 7) is 9.01. The van der Waals surface area contributed by atoms with Crippen LogP contribution in [0.25, 0.3) is 21.9 Å². The smallest absolute Gasteiger partial charge is 0.294 e. The number of carbonyl (C=O) groups is 3. The Labute approximate surface area is 357 Å². The molecule has 1 spiro atoms. The van der Waals surface area contributed by atoms with Gasteiger partial charge in [-0.05, 0) is 70.1 Å². The van der Waals surface area contributed by atoms with Crippen molar-refractivity contribution in [2.24, 2.45) is 13.0 Å². The predicted octanol–water partition coefficient (Wildman–Crippen LogP) is 4.27. The van der Waals surface area contributed by atoms with Gasteiger partial charge in [-0.1, -0.05) is 23.7 Å². The van der Waals surface area contributed by atoms with Crippen LogP contribution in [0.3, 0.4) is 0 Å². The minimum absolute atomic E-state index is 0.0619. The van der Waals surface area contributed by atoms with Crippen LogP contribution in [0.5, 0.6) is 5.75 Å². The standard InChI is InChI=1S/C43H51ClN12O5/c1-25(2)56-39-27(19-33(41(56)60)61-23-35(58)45-3)18-28(20-46-39)48-38-31(44)21-47-42(50-38)54-16-17-55(43(24-54)12-13-43)22-26-10-14-53(15-11-26)32-7-5-6-29-36(51-52(4)37(29)32)30-8-9-34(57)49-40(30)59/h5-7,18-21,25-26,30H,8-17,22-24H2,1-4H3,(H,45,58)(H,47,48,50)(H,49,57,59). The molecule has 3 N–H and O–H groups in total. The number of aromatic nitrogens is 6. The van der Waals surface area contributed by atoms with E-state index in [0.717, 1.165) is 87.2 Å². The van der Waals surface area contributed by atoms with Crippen molar-refractivity contribution in [2.75, 3.05) is 68.0 Å². The average Bonchev–Trinajstić information content (AvgIpc) is 3.94. The lowest BCUT2D eigenvalue weighted by Crippen LogP contribution is -2.57. The summed E-state index contributed by atoms with van der Waals surface area (Å²) < 4.78 is 9.06. The number of amides is 3. The number of hydrogen-bond acceptors (Lipinski definition) is 13.